The highest BCUT2D eigenvalue weighted by Gasteiger charge is 2.32. The van der Waals surface area contributed by atoms with Crippen molar-refractivity contribution in [1.82, 2.24) is 4.98 Å². The van der Waals surface area contributed by atoms with E-state index < -0.39 is 11.9 Å². The molecule has 0 spiro atoms. The maximum absolute atomic E-state index is 12.1. The van der Waals surface area contributed by atoms with Crippen molar-refractivity contribution in [3.8, 4) is 6.07 Å². The van der Waals surface area contributed by atoms with Crippen molar-refractivity contribution in [3.63, 3.8) is 0 Å². The summed E-state index contributed by atoms with van der Waals surface area (Å²) in [7, 11) is 0. The number of nitrogens with zero attached hydrogens (tertiary/aromatic N) is 2. The molecule has 2 nitrogen and oxygen atoms in total. The van der Waals surface area contributed by atoms with Gasteiger partial charge in [-0.2, -0.15) is 18.4 Å². The number of hydrogen-bond donors (Lipinski definition) is 0. The molecule has 0 saturated carbocycles. The molecule has 1 heterocycles. The Kier molecular flexibility index (Phi) is 3.11. The Morgan fingerprint density at radius 1 is 1.43 bits per heavy atom. The van der Waals surface area contributed by atoms with Crippen LogP contribution in [-0.4, -0.2) is 4.98 Å². The molecule has 14 heavy (non-hydrogen) atoms. The fraction of sp³-hybridized carbons (Fsp3) is 0.250. The average molecular weight is 265 g/mol. The van der Waals surface area contributed by atoms with E-state index in [4.69, 9.17) is 5.26 Å². The quantitative estimate of drug-likeness (QED) is 0.732. The molecule has 0 radical (unpaired) electrons. The van der Waals surface area contributed by atoms with Crippen molar-refractivity contribution in [3.05, 3.63) is 28.0 Å². The predicted molar refractivity (Wildman–Crippen MR) is 46.3 cm³/mol. The van der Waals surface area contributed by atoms with Crippen LogP contribution in [0, 0.1) is 11.3 Å². The Balaban J connectivity index is 3.08. The fourth-order valence-corrected chi connectivity index (χ4v) is 1.30. The second-order valence-electron chi connectivity index (χ2n) is 2.48. The molecule has 0 amide bonds. The number of aromatic nitrogens is 1. The van der Waals surface area contributed by atoms with Gasteiger partial charge < -0.3 is 0 Å². The van der Waals surface area contributed by atoms with Crippen molar-refractivity contribution in [2.45, 2.75) is 12.6 Å². The number of alkyl halides is 3. The Bertz CT molecular complexity index is 381. The molecule has 0 aromatic carbocycles. The van der Waals surface area contributed by atoms with Crippen molar-refractivity contribution in [2.24, 2.45) is 0 Å². The zero-order valence-corrected chi connectivity index (χ0v) is 8.35. The monoisotopic (exact) mass is 264 g/mol. The van der Waals surface area contributed by atoms with Crippen molar-refractivity contribution < 1.29 is 13.2 Å². The number of pyridine rings is 1. The SMILES string of the molecule is N#CCc1ccc(C(F)(F)F)nc1Br. The van der Waals surface area contributed by atoms with Gasteiger partial charge in [0.05, 0.1) is 12.5 Å². The van der Waals surface area contributed by atoms with E-state index in [0.29, 0.717) is 5.56 Å². The highest BCUT2D eigenvalue weighted by atomic mass is 79.9. The third kappa shape index (κ3) is 2.45. The summed E-state index contributed by atoms with van der Waals surface area (Å²) in [4.78, 5) is 3.30. The molecule has 0 aliphatic carbocycles. The minimum absolute atomic E-state index is 0.0335. The van der Waals surface area contributed by atoms with E-state index in [2.05, 4.69) is 20.9 Å². The van der Waals surface area contributed by atoms with E-state index in [1.54, 1.807) is 0 Å². The predicted octanol–water partition coefficient (Wildman–Crippen LogP) is 2.93. The highest BCUT2D eigenvalue weighted by Crippen LogP contribution is 2.29. The first kappa shape index (κ1) is 11.0. The molecule has 0 bridgehead atoms. The molecule has 0 saturated heterocycles. The van der Waals surface area contributed by atoms with E-state index in [-0.39, 0.29) is 11.0 Å². The number of halogens is 4. The zero-order valence-electron chi connectivity index (χ0n) is 6.77. The molecule has 0 N–H and O–H groups in total. The van der Waals surface area contributed by atoms with Crippen LogP contribution >= 0.6 is 15.9 Å². The summed E-state index contributed by atoms with van der Waals surface area (Å²) in [6, 6.07) is 3.93. The minimum Gasteiger partial charge on any atom is -0.236 e. The Hall–Kier alpha value is -1.09. The molecule has 0 aliphatic rings. The van der Waals surface area contributed by atoms with Crippen LogP contribution in [0.15, 0.2) is 16.7 Å². The van der Waals surface area contributed by atoms with Gasteiger partial charge in [-0.05, 0) is 27.6 Å². The van der Waals surface area contributed by atoms with Gasteiger partial charge >= 0.3 is 6.18 Å². The van der Waals surface area contributed by atoms with Gasteiger partial charge in [0, 0.05) is 0 Å². The first-order chi connectivity index (χ1) is 6.45. The maximum atomic E-state index is 12.1. The third-order valence-electron chi connectivity index (χ3n) is 1.49. The van der Waals surface area contributed by atoms with Crippen LogP contribution in [0.1, 0.15) is 11.3 Å². The van der Waals surface area contributed by atoms with Crippen LogP contribution in [0.25, 0.3) is 0 Å². The number of nitriles is 1. The molecule has 0 atom stereocenters. The summed E-state index contributed by atoms with van der Waals surface area (Å²) in [5.41, 5.74) is -0.522. The molecule has 1 aromatic heterocycles. The van der Waals surface area contributed by atoms with Crippen molar-refractivity contribution in [1.29, 1.82) is 5.26 Å². The van der Waals surface area contributed by atoms with Crippen molar-refractivity contribution >= 4 is 15.9 Å². The first-order valence-electron chi connectivity index (χ1n) is 3.54. The summed E-state index contributed by atoms with van der Waals surface area (Å²) in [6.45, 7) is 0. The van der Waals surface area contributed by atoms with Gasteiger partial charge in [0.2, 0.25) is 0 Å². The molecule has 1 rings (SSSR count). The molecule has 74 valence electrons. The van der Waals surface area contributed by atoms with Crippen molar-refractivity contribution in [2.75, 3.05) is 0 Å². The lowest BCUT2D eigenvalue weighted by Crippen LogP contribution is -2.08. The van der Waals surface area contributed by atoms with E-state index in [1.807, 2.05) is 6.07 Å². The highest BCUT2D eigenvalue weighted by molar-refractivity contribution is 9.10. The van der Waals surface area contributed by atoms with Gasteiger partial charge in [-0.1, -0.05) is 6.07 Å². The van der Waals surface area contributed by atoms with Gasteiger partial charge in [0.15, 0.2) is 0 Å². The Morgan fingerprint density at radius 2 is 2.07 bits per heavy atom. The molecule has 1 aromatic rings. The Labute approximate surface area is 86.5 Å². The van der Waals surface area contributed by atoms with E-state index in [0.717, 1.165) is 6.07 Å². The number of rotatable bonds is 1. The minimum atomic E-state index is -4.45. The Morgan fingerprint density at radius 3 is 2.50 bits per heavy atom. The van der Waals surface area contributed by atoms with Gasteiger partial charge in [-0.3, -0.25) is 0 Å². The molecule has 6 heteroatoms. The van der Waals surface area contributed by atoms with Gasteiger partial charge in [0.1, 0.15) is 10.3 Å². The van der Waals surface area contributed by atoms with Crippen LogP contribution in [-0.2, 0) is 12.6 Å². The third-order valence-corrected chi connectivity index (χ3v) is 2.17. The lowest BCUT2D eigenvalue weighted by molar-refractivity contribution is -0.141. The first-order valence-corrected chi connectivity index (χ1v) is 4.34. The smallest absolute Gasteiger partial charge is 0.236 e. The number of hydrogen-bond acceptors (Lipinski definition) is 2. The van der Waals surface area contributed by atoms with Crippen LogP contribution in [0.4, 0.5) is 13.2 Å². The summed E-state index contributed by atoms with van der Waals surface area (Å²) in [6.07, 6.45) is -4.42. The maximum Gasteiger partial charge on any atom is 0.433 e. The fourth-order valence-electron chi connectivity index (χ4n) is 0.838. The largest absolute Gasteiger partial charge is 0.433 e. The zero-order chi connectivity index (χ0) is 10.8. The van der Waals surface area contributed by atoms with Crippen LogP contribution < -0.4 is 0 Å². The summed E-state index contributed by atoms with van der Waals surface area (Å²) in [5.74, 6) is 0. The molecule has 0 unspecified atom stereocenters. The second-order valence-corrected chi connectivity index (χ2v) is 3.23. The van der Waals surface area contributed by atoms with Crippen LogP contribution in [0.2, 0.25) is 0 Å². The lowest BCUT2D eigenvalue weighted by atomic mass is 10.2. The lowest BCUT2D eigenvalue weighted by Gasteiger charge is -2.06. The topological polar surface area (TPSA) is 36.7 Å². The van der Waals surface area contributed by atoms with Gasteiger partial charge in [0.25, 0.3) is 0 Å². The molecule has 0 aliphatic heterocycles. The van der Waals surface area contributed by atoms with E-state index >= 15 is 0 Å². The molecular formula is C8H4BrF3N2. The second kappa shape index (κ2) is 3.96. The van der Waals surface area contributed by atoms with E-state index in [1.165, 1.54) is 6.07 Å². The standard InChI is InChI=1S/C8H4BrF3N2/c9-7-5(3-4-13)1-2-6(14-7)8(10,11)12/h1-2H,3H2. The summed E-state index contributed by atoms with van der Waals surface area (Å²) in [5, 5.41) is 8.35. The van der Waals surface area contributed by atoms with Crippen LogP contribution in [0.3, 0.4) is 0 Å². The van der Waals surface area contributed by atoms with E-state index in [9.17, 15) is 13.2 Å². The average Bonchev–Trinajstić information content (AvgIpc) is 2.07. The summed E-state index contributed by atoms with van der Waals surface area (Å²) < 4.78 is 36.5. The normalized spacial score (nSPS) is 11.1. The molecule has 0 fully saturated rings. The summed E-state index contributed by atoms with van der Waals surface area (Å²) >= 11 is 2.88. The molecular weight excluding hydrogens is 261 g/mol. The van der Waals surface area contributed by atoms with Gasteiger partial charge in [-0.25, -0.2) is 4.98 Å². The van der Waals surface area contributed by atoms with Gasteiger partial charge in [-0.15, -0.1) is 0 Å². The van der Waals surface area contributed by atoms with Crippen LogP contribution in [0.5, 0.6) is 0 Å².